The maximum absolute atomic E-state index is 12.8. The summed E-state index contributed by atoms with van der Waals surface area (Å²) in [7, 11) is 4.49. The lowest BCUT2D eigenvalue weighted by atomic mass is 10.2. The molecule has 1 N–H and O–H groups in total. The summed E-state index contributed by atoms with van der Waals surface area (Å²) in [5.74, 6) is 1.68. The third kappa shape index (κ3) is 3.41. The van der Waals surface area contributed by atoms with Crippen LogP contribution in [-0.2, 0) is 0 Å². The second kappa shape index (κ2) is 7.36. The van der Waals surface area contributed by atoms with E-state index in [1.54, 1.807) is 31.2 Å². The molecule has 140 valence electrons. The number of aryl methyl sites for hydroxylation is 1. The van der Waals surface area contributed by atoms with Gasteiger partial charge in [0.2, 0.25) is 0 Å². The summed E-state index contributed by atoms with van der Waals surface area (Å²) in [4.78, 5) is 17.3. The number of fused-ring (bicyclic) bond motifs is 1. The molecule has 0 fully saturated rings. The van der Waals surface area contributed by atoms with Crippen molar-refractivity contribution in [2.75, 3.05) is 21.3 Å². The molecule has 0 aliphatic heterocycles. The molecular weight excluding hydrogens is 350 g/mol. The van der Waals surface area contributed by atoms with Gasteiger partial charge in [0.1, 0.15) is 5.82 Å². The summed E-state index contributed by atoms with van der Waals surface area (Å²) in [5.41, 5.74) is 0.753. The van der Waals surface area contributed by atoms with Crippen LogP contribution < -0.4 is 19.8 Å². The van der Waals surface area contributed by atoms with Crippen molar-refractivity contribution in [2.45, 2.75) is 6.92 Å². The average Bonchev–Trinajstić information content (AvgIpc) is 2.67. The first-order chi connectivity index (χ1) is 13.0. The molecular formula is C19H19N3O5. The number of hydrogen-bond donors (Lipinski definition) is 1. The van der Waals surface area contributed by atoms with Crippen LogP contribution in [0.1, 0.15) is 11.4 Å². The van der Waals surface area contributed by atoms with Crippen molar-refractivity contribution in [2.24, 2.45) is 5.10 Å². The second-order valence-corrected chi connectivity index (χ2v) is 5.68. The Morgan fingerprint density at radius 1 is 1.04 bits per heavy atom. The highest BCUT2D eigenvalue weighted by atomic mass is 16.5. The number of aromatic nitrogens is 2. The Bertz CT molecular complexity index is 1090. The Labute approximate surface area is 155 Å². The molecule has 27 heavy (non-hydrogen) atoms. The quantitative estimate of drug-likeness (QED) is 0.694. The topological polar surface area (TPSA) is 95.2 Å². The van der Waals surface area contributed by atoms with Crippen molar-refractivity contribution in [1.82, 2.24) is 9.66 Å². The van der Waals surface area contributed by atoms with E-state index < -0.39 is 0 Å². The number of nitrogens with zero attached hydrogens (tertiary/aromatic N) is 3. The van der Waals surface area contributed by atoms with Crippen LogP contribution in [0.15, 0.2) is 40.2 Å². The summed E-state index contributed by atoms with van der Waals surface area (Å²) in [6.07, 6.45) is 1.46. The van der Waals surface area contributed by atoms with Crippen molar-refractivity contribution in [3.05, 3.63) is 52.1 Å². The van der Waals surface area contributed by atoms with Gasteiger partial charge >= 0.3 is 0 Å². The third-order valence-corrected chi connectivity index (χ3v) is 4.04. The fourth-order valence-electron chi connectivity index (χ4n) is 2.66. The molecule has 1 heterocycles. The van der Waals surface area contributed by atoms with Crippen LogP contribution in [-0.4, -0.2) is 42.3 Å². The van der Waals surface area contributed by atoms with Gasteiger partial charge in [-0.3, -0.25) is 4.79 Å². The molecule has 0 spiro atoms. The van der Waals surface area contributed by atoms with Crippen molar-refractivity contribution in [1.29, 1.82) is 0 Å². The standard InChI is InChI=1S/C19H19N3O5/c1-11-21-14-9-18(27-4)17(26-3)8-13(14)19(24)22(11)20-10-12-5-6-16(25-2)15(23)7-12/h5-10,23H,1-4H3/b20-10+. The first kappa shape index (κ1) is 18.2. The van der Waals surface area contributed by atoms with E-state index in [9.17, 15) is 9.90 Å². The molecule has 8 nitrogen and oxygen atoms in total. The molecule has 0 unspecified atom stereocenters. The van der Waals surface area contributed by atoms with Crippen molar-refractivity contribution in [3.63, 3.8) is 0 Å². The lowest BCUT2D eigenvalue weighted by molar-refractivity contribution is 0.355. The van der Waals surface area contributed by atoms with Crippen molar-refractivity contribution >= 4 is 17.1 Å². The minimum absolute atomic E-state index is 0.0148. The van der Waals surface area contributed by atoms with E-state index in [0.717, 1.165) is 0 Å². The molecule has 0 atom stereocenters. The molecule has 1 aromatic heterocycles. The van der Waals surface area contributed by atoms with E-state index in [1.165, 1.54) is 38.3 Å². The van der Waals surface area contributed by atoms with Crippen LogP contribution >= 0.6 is 0 Å². The minimum atomic E-state index is -0.340. The second-order valence-electron chi connectivity index (χ2n) is 5.68. The Kier molecular flexibility index (Phi) is 4.98. The molecule has 3 rings (SSSR count). The predicted octanol–water partition coefficient (Wildman–Crippen LogP) is 2.32. The molecule has 3 aromatic rings. The molecule has 0 radical (unpaired) electrons. The van der Waals surface area contributed by atoms with Crippen LogP contribution in [0.2, 0.25) is 0 Å². The van der Waals surface area contributed by atoms with Gasteiger partial charge in [0.15, 0.2) is 23.0 Å². The van der Waals surface area contributed by atoms with Gasteiger partial charge < -0.3 is 19.3 Å². The Balaban J connectivity index is 2.09. The third-order valence-electron chi connectivity index (χ3n) is 4.04. The normalized spacial score (nSPS) is 11.1. The first-order valence-corrected chi connectivity index (χ1v) is 8.05. The van der Waals surface area contributed by atoms with Crippen molar-refractivity contribution < 1.29 is 19.3 Å². The monoisotopic (exact) mass is 369 g/mol. The van der Waals surface area contributed by atoms with Crippen LogP contribution in [0.5, 0.6) is 23.0 Å². The molecule has 0 amide bonds. The van der Waals surface area contributed by atoms with Gasteiger partial charge in [0.05, 0.1) is 38.4 Å². The zero-order valence-corrected chi connectivity index (χ0v) is 15.4. The van der Waals surface area contributed by atoms with Crippen LogP contribution in [0.4, 0.5) is 0 Å². The fourth-order valence-corrected chi connectivity index (χ4v) is 2.66. The highest BCUT2D eigenvalue weighted by Crippen LogP contribution is 2.30. The Morgan fingerprint density at radius 3 is 2.33 bits per heavy atom. The molecule has 0 saturated carbocycles. The number of phenols is 1. The van der Waals surface area contributed by atoms with Gasteiger partial charge in [-0.2, -0.15) is 9.78 Å². The van der Waals surface area contributed by atoms with E-state index in [-0.39, 0.29) is 11.3 Å². The van der Waals surface area contributed by atoms with Gasteiger partial charge in [0.25, 0.3) is 5.56 Å². The number of phenolic OH excluding ortho intramolecular Hbond substituents is 1. The molecule has 0 aliphatic rings. The molecule has 0 aliphatic carbocycles. The van der Waals surface area contributed by atoms with Crippen molar-refractivity contribution in [3.8, 4) is 23.0 Å². The smallest absolute Gasteiger partial charge is 0.282 e. The molecule has 8 heteroatoms. The van der Waals surface area contributed by atoms with Gasteiger partial charge in [-0.05, 0) is 36.8 Å². The summed E-state index contributed by atoms with van der Waals surface area (Å²) in [5, 5.41) is 14.4. The van der Waals surface area contributed by atoms with Crippen LogP contribution in [0, 0.1) is 6.92 Å². The summed E-state index contributed by atoms with van der Waals surface area (Å²) >= 11 is 0. The van der Waals surface area contributed by atoms with Crippen LogP contribution in [0.3, 0.4) is 0 Å². The van der Waals surface area contributed by atoms with E-state index >= 15 is 0 Å². The van der Waals surface area contributed by atoms with Gasteiger partial charge in [-0.15, -0.1) is 0 Å². The number of benzene rings is 2. The zero-order valence-electron chi connectivity index (χ0n) is 15.4. The summed E-state index contributed by atoms with van der Waals surface area (Å²) < 4.78 is 16.7. The first-order valence-electron chi connectivity index (χ1n) is 8.05. The highest BCUT2D eigenvalue weighted by molar-refractivity contribution is 5.83. The number of hydrogen-bond acceptors (Lipinski definition) is 7. The van der Waals surface area contributed by atoms with Crippen LogP contribution in [0.25, 0.3) is 10.9 Å². The fraction of sp³-hybridized carbons (Fsp3) is 0.211. The van der Waals surface area contributed by atoms with E-state index in [4.69, 9.17) is 14.2 Å². The number of methoxy groups -OCH3 is 3. The maximum Gasteiger partial charge on any atom is 0.282 e. The average molecular weight is 369 g/mol. The van der Waals surface area contributed by atoms with Gasteiger partial charge in [0, 0.05) is 6.07 Å². The number of aromatic hydroxyl groups is 1. The minimum Gasteiger partial charge on any atom is -0.504 e. The molecule has 2 aromatic carbocycles. The predicted molar refractivity (Wildman–Crippen MR) is 101 cm³/mol. The van der Waals surface area contributed by atoms with Gasteiger partial charge in [-0.25, -0.2) is 4.98 Å². The Hall–Kier alpha value is -3.55. The lowest BCUT2D eigenvalue weighted by Crippen LogP contribution is -2.20. The van der Waals surface area contributed by atoms with E-state index in [0.29, 0.717) is 39.5 Å². The van der Waals surface area contributed by atoms with Gasteiger partial charge in [-0.1, -0.05) is 0 Å². The van der Waals surface area contributed by atoms with E-state index in [2.05, 4.69) is 10.1 Å². The largest absolute Gasteiger partial charge is 0.504 e. The Morgan fingerprint density at radius 2 is 1.70 bits per heavy atom. The highest BCUT2D eigenvalue weighted by Gasteiger charge is 2.13. The summed E-state index contributed by atoms with van der Waals surface area (Å²) in [6, 6.07) is 8.05. The lowest BCUT2D eigenvalue weighted by Gasteiger charge is -2.10. The van der Waals surface area contributed by atoms with E-state index in [1.807, 2.05) is 0 Å². The molecule has 0 saturated heterocycles. The SMILES string of the molecule is COc1ccc(/C=N/n2c(C)nc3cc(OC)c(OC)cc3c2=O)cc1O. The maximum atomic E-state index is 12.8. The number of ether oxygens (including phenoxy) is 3. The summed E-state index contributed by atoms with van der Waals surface area (Å²) in [6.45, 7) is 1.68. The zero-order chi connectivity index (χ0) is 19.6. The molecule has 0 bridgehead atoms. The number of rotatable bonds is 5.